The van der Waals surface area contributed by atoms with Gasteiger partial charge in [0, 0.05) is 6.04 Å². The SMILES string of the molecule is O=C([C@H]1CCCCN1)N(Cc1ccco1)C1CCCC1. The summed E-state index contributed by atoms with van der Waals surface area (Å²) in [4.78, 5) is 14.9. The number of hydrogen-bond acceptors (Lipinski definition) is 3. The van der Waals surface area contributed by atoms with Gasteiger partial charge in [-0.05, 0) is 44.4 Å². The van der Waals surface area contributed by atoms with E-state index in [-0.39, 0.29) is 11.9 Å². The molecule has 20 heavy (non-hydrogen) atoms. The predicted molar refractivity (Wildman–Crippen MR) is 77.2 cm³/mol. The molecule has 2 heterocycles. The topological polar surface area (TPSA) is 45.5 Å². The molecule has 1 aliphatic carbocycles. The third-order valence-corrected chi connectivity index (χ3v) is 4.56. The second-order valence-corrected chi connectivity index (χ2v) is 5.99. The molecular weight excluding hydrogens is 252 g/mol. The van der Waals surface area contributed by atoms with Crippen LogP contribution in [0.5, 0.6) is 0 Å². The number of hydrogen-bond donors (Lipinski definition) is 1. The highest BCUT2D eigenvalue weighted by Gasteiger charge is 2.32. The van der Waals surface area contributed by atoms with Crippen molar-refractivity contribution in [2.24, 2.45) is 0 Å². The summed E-state index contributed by atoms with van der Waals surface area (Å²) in [5, 5.41) is 3.38. The summed E-state index contributed by atoms with van der Waals surface area (Å²) >= 11 is 0. The molecule has 0 spiro atoms. The molecule has 4 heteroatoms. The van der Waals surface area contributed by atoms with Crippen molar-refractivity contribution in [3.8, 4) is 0 Å². The van der Waals surface area contributed by atoms with Gasteiger partial charge in [0.15, 0.2) is 0 Å². The Hall–Kier alpha value is -1.29. The molecule has 0 radical (unpaired) electrons. The Morgan fingerprint density at radius 3 is 2.70 bits per heavy atom. The minimum Gasteiger partial charge on any atom is -0.467 e. The largest absolute Gasteiger partial charge is 0.467 e. The maximum Gasteiger partial charge on any atom is 0.240 e. The van der Waals surface area contributed by atoms with E-state index < -0.39 is 0 Å². The van der Waals surface area contributed by atoms with Crippen molar-refractivity contribution < 1.29 is 9.21 Å². The van der Waals surface area contributed by atoms with E-state index in [0.717, 1.165) is 38.0 Å². The van der Waals surface area contributed by atoms with Crippen LogP contribution in [-0.4, -0.2) is 29.4 Å². The van der Waals surface area contributed by atoms with Gasteiger partial charge in [0.05, 0.1) is 18.8 Å². The molecule has 0 unspecified atom stereocenters. The van der Waals surface area contributed by atoms with Crippen molar-refractivity contribution >= 4 is 5.91 Å². The van der Waals surface area contributed by atoms with Gasteiger partial charge in [-0.1, -0.05) is 19.3 Å². The predicted octanol–water partition coefficient (Wildman–Crippen LogP) is 2.69. The second kappa shape index (κ2) is 6.44. The lowest BCUT2D eigenvalue weighted by Crippen LogP contribution is -2.51. The third-order valence-electron chi connectivity index (χ3n) is 4.56. The highest BCUT2D eigenvalue weighted by molar-refractivity contribution is 5.82. The first-order chi connectivity index (χ1) is 9.84. The second-order valence-electron chi connectivity index (χ2n) is 5.99. The van der Waals surface area contributed by atoms with Gasteiger partial charge in [0.1, 0.15) is 5.76 Å². The summed E-state index contributed by atoms with van der Waals surface area (Å²) < 4.78 is 5.45. The summed E-state index contributed by atoms with van der Waals surface area (Å²) in [5.41, 5.74) is 0. The molecule has 1 aromatic heterocycles. The van der Waals surface area contributed by atoms with E-state index in [2.05, 4.69) is 10.2 Å². The van der Waals surface area contributed by atoms with Crippen molar-refractivity contribution in [1.82, 2.24) is 10.2 Å². The molecule has 1 saturated heterocycles. The first-order valence-electron chi connectivity index (χ1n) is 7.91. The number of amides is 1. The number of furan rings is 1. The average Bonchev–Trinajstić information content (AvgIpc) is 3.18. The third kappa shape index (κ3) is 3.06. The van der Waals surface area contributed by atoms with E-state index in [0.29, 0.717) is 12.6 Å². The van der Waals surface area contributed by atoms with Gasteiger partial charge in [-0.2, -0.15) is 0 Å². The van der Waals surface area contributed by atoms with Crippen molar-refractivity contribution in [2.75, 3.05) is 6.54 Å². The van der Waals surface area contributed by atoms with Crippen LogP contribution in [0, 0.1) is 0 Å². The van der Waals surface area contributed by atoms with Crippen LogP contribution in [0.15, 0.2) is 22.8 Å². The van der Waals surface area contributed by atoms with E-state index in [9.17, 15) is 4.79 Å². The molecule has 110 valence electrons. The van der Waals surface area contributed by atoms with E-state index >= 15 is 0 Å². The average molecular weight is 276 g/mol. The Labute approximate surface area is 120 Å². The lowest BCUT2D eigenvalue weighted by molar-refractivity contribution is -0.137. The fraction of sp³-hybridized carbons (Fsp3) is 0.688. The van der Waals surface area contributed by atoms with Crippen LogP contribution in [0.4, 0.5) is 0 Å². The Morgan fingerprint density at radius 2 is 2.05 bits per heavy atom. The lowest BCUT2D eigenvalue weighted by Gasteiger charge is -2.33. The molecule has 1 amide bonds. The van der Waals surface area contributed by atoms with Crippen molar-refractivity contribution in [3.05, 3.63) is 24.2 Å². The minimum absolute atomic E-state index is 0.0133. The first kappa shape index (κ1) is 13.7. The Morgan fingerprint density at radius 1 is 1.25 bits per heavy atom. The lowest BCUT2D eigenvalue weighted by atomic mass is 10.0. The first-order valence-corrected chi connectivity index (χ1v) is 7.91. The van der Waals surface area contributed by atoms with Gasteiger partial charge < -0.3 is 14.6 Å². The Kier molecular flexibility index (Phi) is 4.41. The van der Waals surface area contributed by atoms with Gasteiger partial charge in [-0.15, -0.1) is 0 Å². The normalized spacial score (nSPS) is 23.9. The molecule has 2 fully saturated rings. The molecule has 1 aromatic rings. The van der Waals surface area contributed by atoms with Crippen molar-refractivity contribution in [2.45, 2.75) is 63.6 Å². The van der Waals surface area contributed by atoms with Crippen LogP contribution in [-0.2, 0) is 11.3 Å². The maximum atomic E-state index is 12.8. The van der Waals surface area contributed by atoms with Gasteiger partial charge in [-0.3, -0.25) is 4.79 Å². The summed E-state index contributed by atoms with van der Waals surface area (Å²) in [5.74, 6) is 1.16. The van der Waals surface area contributed by atoms with Crippen LogP contribution in [0.1, 0.15) is 50.7 Å². The Balaban J connectivity index is 1.71. The molecule has 1 aliphatic heterocycles. The van der Waals surface area contributed by atoms with Crippen LogP contribution in [0.3, 0.4) is 0 Å². The molecule has 0 bridgehead atoms. The smallest absolute Gasteiger partial charge is 0.240 e. The molecule has 1 atom stereocenters. The molecule has 0 aromatic carbocycles. The summed E-state index contributed by atoms with van der Waals surface area (Å²) in [7, 11) is 0. The van der Waals surface area contributed by atoms with Gasteiger partial charge in [-0.25, -0.2) is 0 Å². The maximum absolute atomic E-state index is 12.8. The zero-order valence-corrected chi connectivity index (χ0v) is 12.0. The van der Waals surface area contributed by atoms with Crippen LogP contribution in [0.25, 0.3) is 0 Å². The number of piperidine rings is 1. The highest BCUT2D eigenvalue weighted by atomic mass is 16.3. The zero-order valence-electron chi connectivity index (χ0n) is 12.0. The van der Waals surface area contributed by atoms with Gasteiger partial charge in [0.2, 0.25) is 5.91 Å². The molecule has 2 aliphatic rings. The number of carbonyl (C=O) groups excluding carboxylic acids is 1. The summed E-state index contributed by atoms with van der Waals surface area (Å²) in [6.07, 6.45) is 9.76. The van der Waals surface area contributed by atoms with Crippen molar-refractivity contribution in [3.63, 3.8) is 0 Å². The van der Waals surface area contributed by atoms with Crippen LogP contribution in [0.2, 0.25) is 0 Å². The van der Waals surface area contributed by atoms with E-state index in [1.165, 1.54) is 19.3 Å². The number of carbonyl (C=O) groups is 1. The molecular formula is C16H24N2O2. The fourth-order valence-corrected chi connectivity index (χ4v) is 3.44. The standard InChI is InChI=1S/C16H24N2O2/c19-16(15-9-3-4-10-17-15)18(13-6-1-2-7-13)12-14-8-5-11-20-14/h5,8,11,13,15,17H,1-4,6-7,9-10,12H2/t15-/m1/s1. The Bertz CT molecular complexity index is 418. The number of nitrogens with zero attached hydrogens (tertiary/aromatic N) is 1. The molecule has 4 nitrogen and oxygen atoms in total. The quantitative estimate of drug-likeness (QED) is 0.919. The van der Waals surface area contributed by atoms with Gasteiger partial charge in [0.25, 0.3) is 0 Å². The summed E-state index contributed by atoms with van der Waals surface area (Å²) in [6.45, 7) is 1.59. The van der Waals surface area contributed by atoms with Gasteiger partial charge >= 0.3 is 0 Å². The van der Waals surface area contributed by atoms with E-state index in [1.807, 2.05) is 12.1 Å². The molecule has 1 saturated carbocycles. The summed E-state index contributed by atoms with van der Waals surface area (Å²) in [6, 6.07) is 4.27. The number of nitrogens with one attached hydrogen (secondary N) is 1. The molecule has 1 N–H and O–H groups in total. The van der Waals surface area contributed by atoms with Crippen LogP contribution >= 0.6 is 0 Å². The fourth-order valence-electron chi connectivity index (χ4n) is 3.44. The minimum atomic E-state index is 0.0133. The monoisotopic (exact) mass is 276 g/mol. The van der Waals surface area contributed by atoms with Crippen LogP contribution < -0.4 is 5.32 Å². The van der Waals surface area contributed by atoms with Crippen molar-refractivity contribution in [1.29, 1.82) is 0 Å². The van der Waals surface area contributed by atoms with E-state index in [4.69, 9.17) is 4.42 Å². The number of rotatable bonds is 4. The highest BCUT2D eigenvalue weighted by Crippen LogP contribution is 2.26. The molecule has 3 rings (SSSR count). The van der Waals surface area contributed by atoms with E-state index in [1.54, 1.807) is 6.26 Å². The zero-order chi connectivity index (χ0) is 13.8.